The fourth-order valence-electron chi connectivity index (χ4n) is 5.38. The summed E-state index contributed by atoms with van der Waals surface area (Å²) in [5, 5.41) is 14.4. The number of fused-ring (bicyclic) bond motifs is 2. The van der Waals surface area contributed by atoms with Crippen molar-refractivity contribution < 1.29 is 13.2 Å². The zero-order valence-electron chi connectivity index (χ0n) is 19.9. The van der Waals surface area contributed by atoms with Crippen LogP contribution in [-0.2, 0) is 16.4 Å². The third-order valence-corrected chi connectivity index (χ3v) is 8.95. The molecular formula is C24H30N6O3S. The van der Waals surface area contributed by atoms with Crippen LogP contribution in [0.3, 0.4) is 0 Å². The molecule has 0 saturated heterocycles. The number of hydrogen-bond acceptors (Lipinski definition) is 7. The van der Waals surface area contributed by atoms with Gasteiger partial charge in [-0.2, -0.15) is 9.40 Å². The number of pyridine rings is 1. The number of aliphatic imine (C=N–C) groups is 1. The van der Waals surface area contributed by atoms with E-state index in [9.17, 15) is 13.2 Å². The summed E-state index contributed by atoms with van der Waals surface area (Å²) in [6, 6.07) is 2.84. The van der Waals surface area contributed by atoms with Gasteiger partial charge in [0.05, 0.1) is 23.5 Å². The SMILES string of the molecule is C/N=C(\C=N)S(=O)(=O)N(C(C)C)[C@H]1CCC2=Cc3[nH]ncc3C[C@]2(C(=O)c2cc(C)ccn2)C1. The average Bonchev–Trinajstić information content (AvgIpc) is 3.24. The van der Waals surface area contributed by atoms with Crippen molar-refractivity contribution in [3.8, 4) is 0 Å². The Balaban J connectivity index is 1.82. The Morgan fingerprint density at radius 2 is 2.18 bits per heavy atom. The van der Waals surface area contributed by atoms with Crippen LogP contribution in [0.25, 0.3) is 6.08 Å². The molecule has 0 aromatic carbocycles. The van der Waals surface area contributed by atoms with Gasteiger partial charge < -0.3 is 5.41 Å². The van der Waals surface area contributed by atoms with Gasteiger partial charge in [0.25, 0.3) is 10.0 Å². The molecule has 2 aliphatic rings. The quantitative estimate of drug-likeness (QED) is 0.371. The lowest BCUT2D eigenvalue weighted by Gasteiger charge is -2.47. The predicted octanol–water partition coefficient (Wildman–Crippen LogP) is 3.19. The molecule has 2 aliphatic carbocycles. The lowest BCUT2D eigenvalue weighted by atomic mass is 9.60. The van der Waals surface area contributed by atoms with Gasteiger partial charge in [-0.15, -0.1) is 0 Å². The molecule has 1 saturated carbocycles. The normalized spacial score (nSPS) is 22.8. The summed E-state index contributed by atoms with van der Waals surface area (Å²) in [6.07, 6.45) is 8.04. The number of aromatic nitrogens is 3. The zero-order chi connectivity index (χ0) is 24.7. The number of allylic oxidation sites excluding steroid dienone is 1. The standard InChI is InChI=1S/C24H30N6O3S/c1-15(2)30(34(32,33)22(13-25)26-4)19-6-5-18-10-20-17(14-28-29-20)11-24(18,12-19)23(31)21-9-16(3)7-8-27-21/h7-10,13-15,19,25H,5-6,11-12H2,1-4H3,(H,28,29)/b25-13?,26-22+/t19-,24-/m0/s1. The number of H-pyrrole nitrogens is 1. The molecule has 2 heterocycles. The molecule has 34 heavy (non-hydrogen) atoms. The van der Waals surface area contributed by atoms with Crippen LogP contribution in [0.1, 0.15) is 60.4 Å². The number of hydrogen-bond donors (Lipinski definition) is 2. The summed E-state index contributed by atoms with van der Waals surface area (Å²) in [4.78, 5) is 22.3. The Kier molecular flexibility index (Phi) is 6.39. The summed E-state index contributed by atoms with van der Waals surface area (Å²) >= 11 is 0. The van der Waals surface area contributed by atoms with E-state index in [0.29, 0.717) is 31.4 Å². The van der Waals surface area contributed by atoms with Crippen molar-refractivity contribution in [3.63, 3.8) is 0 Å². The maximum atomic E-state index is 14.1. The second-order valence-corrected chi connectivity index (χ2v) is 11.1. The lowest BCUT2D eigenvalue weighted by molar-refractivity contribution is 0.0724. The number of carbonyl (C=O) groups is 1. The first-order chi connectivity index (χ1) is 16.1. The zero-order valence-corrected chi connectivity index (χ0v) is 20.7. The molecule has 0 bridgehead atoms. The van der Waals surface area contributed by atoms with Crippen molar-refractivity contribution in [2.75, 3.05) is 7.05 Å². The van der Waals surface area contributed by atoms with Crippen LogP contribution in [0.15, 0.2) is 35.1 Å². The van der Waals surface area contributed by atoms with Gasteiger partial charge in [-0.1, -0.05) is 5.57 Å². The van der Waals surface area contributed by atoms with Crippen LogP contribution in [0.2, 0.25) is 0 Å². The molecule has 0 aliphatic heterocycles. The summed E-state index contributed by atoms with van der Waals surface area (Å²) < 4.78 is 28.3. The van der Waals surface area contributed by atoms with Crippen LogP contribution in [-0.4, -0.2) is 64.1 Å². The Labute approximate surface area is 200 Å². The van der Waals surface area contributed by atoms with Gasteiger partial charge in [0.15, 0.2) is 10.8 Å². The lowest BCUT2D eigenvalue weighted by Crippen LogP contribution is -2.54. The van der Waals surface area contributed by atoms with Gasteiger partial charge in [-0.05, 0) is 75.8 Å². The molecule has 0 spiro atoms. The third kappa shape index (κ3) is 3.94. The topological polar surface area (TPSA) is 132 Å². The summed E-state index contributed by atoms with van der Waals surface area (Å²) in [5.41, 5.74) is 3.20. The van der Waals surface area contributed by atoms with E-state index in [1.54, 1.807) is 18.5 Å². The van der Waals surface area contributed by atoms with Crippen molar-refractivity contribution >= 4 is 33.1 Å². The number of carbonyl (C=O) groups excluding carboxylic acids is 1. The van der Waals surface area contributed by atoms with Crippen molar-refractivity contribution in [2.45, 2.75) is 58.5 Å². The van der Waals surface area contributed by atoms with E-state index >= 15 is 0 Å². The maximum absolute atomic E-state index is 14.1. The molecule has 2 aromatic heterocycles. The monoisotopic (exact) mass is 482 g/mol. The van der Waals surface area contributed by atoms with E-state index in [1.165, 1.54) is 11.4 Å². The summed E-state index contributed by atoms with van der Waals surface area (Å²) in [7, 11) is -2.63. The smallest absolute Gasteiger partial charge is 0.262 e. The molecule has 2 N–H and O–H groups in total. The van der Waals surface area contributed by atoms with Crippen molar-refractivity contribution in [1.29, 1.82) is 5.41 Å². The number of nitrogens with one attached hydrogen (secondary N) is 2. The molecule has 0 unspecified atom stereocenters. The molecule has 4 rings (SSSR count). The van der Waals surface area contributed by atoms with Crippen molar-refractivity contribution in [1.82, 2.24) is 19.5 Å². The van der Waals surface area contributed by atoms with Crippen LogP contribution in [0.4, 0.5) is 0 Å². The van der Waals surface area contributed by atoms with E-state index in [2.05, 4.69) is 20.2 Å². The highest BCUT2D eigenvalue weighted by Gasteiger charge is 2.52. The number of Topliss-reactive ketones (excluding diaryl/α,β-unsaturated/α-hetero) is 1. The predicted molar refractivity (Wildman–Crippen MR) is 132 cm³/mol. The number of aryl methyl sites for hydroxylation is 1. The first-order valence-corrected chi connectivity index (χ1v) is 12.8. The molecule has 10 heteroatoms. The summed E-state index contributed by atoms with van der Waals surface area (Å²) in [6.45, 7) is 5.54. The molecule has 0 amide bonds. The highest BCUT2D eigenvalue weighted by molar-refractivity contribution is 8.06. The van der Waals surface area contributed by atoms with Gasteiger partial charge in [0.1, 0.15) is 5.69 Å². The molecule has 2 atom stereocenters. The minimum atomic E-state index is -4.00. The molecule has 2 aromatic rings. The van der Waals surface area contributed by atoms with Crippen molar-refractivity contribution in [3.05, 3.63) is 52.6 Å². The molecule has 1 fully saturated rings. The van der Waals surface area contributed by atoms with Gasteiger partial charge >= 0.3 is 0 Å². The van der Waals surface area contributed by atoms with Gasteiger partial charge in [0, 0.05) is 25.3 Å². The maximum Gasteiger partial charge on any atom is 0.262 e. The van der Waals surface area contributed by atoms with Gasteiger partial charge in [-0.25, -0.2) is 8.42 Å². The van der Waals surface area contributed by atoms with E-state index in [0.717, 1.165) is 28.6 Å². The Morgan fingerprint density at radius 3 is 2.82 bits per heavy atom. The second-order valence-electron chi connectivity index (χ2n) is 9.32. The Bertz CT molecular complexity index is 1290. The van der Waals surface area contributed by atoms with E-state index in [-0.39, 0.29) is 16.9 Å². The Morgan fingerprint density at radius 1 is 1.41 bits per heavy atom. The highest BCUT2D eigenvalue weighted by atomic mass is 32.2. The van der Waals surface area contributed by atoms with Crippen molar-refractivity contribution in [2.24, 2.45) is 10.4 Å². The van der Waals surface area contributed by atoms with Gasteiger partial charge in [-0.3, -0.25) is 19.9 Å². The molecule has 0 radical (unpaired) electrons. The van der Waals surface area contributed by atoms with Crippen LogP contribution in [0.5, 0.6) is 0 Å². The third-order valence-electron chi connectivity index (χ3n) is 6.85. The molecular weight excluding hydrogens is 452 g/mol. The number of aromatic amines is 1. The number of ketones is 1. The van der Waals surface area contributed by atoms with Crippen LogP contribution < -0.4 is 0 Å². The molecule has 9 nitrogen and oxygen atoms in total. The minimum absolute atomic E-state index is 0.100. The minimum Gasteiger partial charge on any atom is -0.306 e. The fraction of sp³-hybridized carbons (Fsp3) is 0.458. The largest absolute Gasteiger partial charge is 0.306 e. The average molecular weight is 483 g/mol. The van der Waals surface area contributed by atoms with Crippen LogP contribution in [0, 0.1) is 17.7 Å². The first-order valence-electron chi connectivity index (χ1n) is 11.4. The van der Waals surface area contributed by atoms with Gasteiger partial charge in [0.2, 0.25) is 0 Å². The Hall–Kier alpha value is -2.98. The second kappa shape index (κ2) is 8.99. The van der Waals surface area contributed by atoms with E-state index in [4.69, 9.17) is 5.41 Å². The first kappa shape index (κ1) is 24.2. The highest BCUT2D eigenvalue weighted by Crippen LogP contribution is 2.51. The molecule has 180 valence electrons. The summed E-state index contributed by atoms with van der Waals surface area (Å²) in [5.74, 6) is -0.100. The van der Waals surface area contributed by atoms with Crippen LogP contribution >= 0.6 is 0 Å². The number of sulfonamides is 1. The van der Waals surface area contributed by atoms with E-state index < -0.39 is 21.5 Å². The number of rotatable bonds is 6. The number of nitrogens with zero attached hydrogens (tertiary/aromatic N) is 4. The fourth-order valence-corrected chi connectivity index (χ4v) is 7.10. The van der Waals surface area contributed by atoms with E-state index in [1.807, 2.05) is 32.9 Å².